The molecule has 0 aromatic heterocycles. The molecule has 0 saturated carbocycles. The molecule has 0 heterocycles. The van der Waals surface area contributed by atoms with Gasteiger partial charge < -0.3 is 16.2 Å². The summed E-state index contributed by atoms with van der Waals surface area (Å²) in [6.07, 6.45) is -0.452. The number of nitrogens with two attached hydrogens (primary N) is 2. The smallest absolute Gasteiger partial charge is 0.319 e. The molecule has 4 N–H and O–H groups in total. The Bertz CT molecular complexity index is 801. The van der Waals surface area contributed by atoms with Crippen LogP contribution in [0.3, 0.4) is 0 Å². The summed E-state index contributed by atoms with van der Waals surface area (Å²) in [5.41, 5.74) is 14.5. The molecule has 1 aliphatic rings. The Hall–Kier alpha value is -3.15. The van der Waals surface area contributed by atoms with Crippen LogP contribution in [0, 0.1) is 5.92 Å². The van der Waals surface area contributed by atoms with E-state index in [1.807, 2.05) is 48.5 Å². The summed E-state index contributed by atoms with van der Waals surface area (Å²) in [6, 6.07) is 15.8. The number of amides is 2. The van der Waals surface area contributed by atoms with Crippen LogP contribution in [0.4, 0.5) is 0 Å². The van der Waals surface area contributed by atoms with E-state index in [4.69, 9.17) is 16.2 Å². The highest BCUT2D eigenvalue weighted by molar-refractivity contribution is 6.00. The Morgan fingerprint density at radius 3 is 1.92 bits per heavy atom. The first-order valence-corrected chi connectivity index (χ1v) is 7.91. The summed E-state index contributed by atoms with van der Waals surface area (Å²) in [5, 5.41) is 0. The van der Waals surface area contributed by atoms with Gasteiger partial charge in [-0.05, 0) is 22.3 Å². The quantitative estimate of drug-likeness (QED) is 0.611. The van der Waals surface area contributed by atoms with Gasteiger partial charge in [0.2, 0.25) is 11.8 Å². The average molecular weight is 338 g/mol. The second-order valence-corrected chi connectivity index (χ2v) is 5.98. The van der Waals surface area contributed by atoms with Crippen molar-refractivity contribution < 1.29 is 19.1 Å². The Morgan fingerprint density at radius 2 is 1.44 bits per heavy atom. The van der Waals surface area contributed by atoms with Crippen molar-refractivity contribution in [3.05, 3.63) is 59.7 Å². The van der Waals surface area contributed by atoms with E-state index < -0.39 is 30.1 Å². The van der Waals surface area contributed by atoms with Crippen LogP contribution in [0.25, 0.3) is 11.1 Å². The van der Waals surface area contributed by atoms with E-state index in [1.54, 1.807) is 0 Å². The molecule has 3 rings (SSSR count). The van der Waals surface area contributed by atoms with Crippen LogP contribution in [0.2, 0.25) is 0 Å². The fourth-order valence-corrected chi connectivity index (χ4v) is 3.21. The van der Waals surface area contributed by atoms with E-state index in [0.29, 0.717) is 0 Å². The van der Waals surface area contributed by atoms with Crippen LogP contribution in [-0.4, -0.2) is 24.4 Å². The van der Waals surface area contributed by atoms with E-state index >= 15 is 0 Å². The summed E-state index contributed by atoms with van der Waals surface area (Å²) in [5.74, 6) is -4.01. The van der Waals surface area contributed by atoms with E-state index in [-0.39, 0.29) is 12.5 Å². The number of carbonyl (C=O) groups is 3. The van der Waals surface area contributed by atoms with Crippen molar-refractivity contribution in [3.63, 3.8) is 0 Å². The first-order chi connectivity index (χ1) is 12.0. The number of primary amides is 2. The highest BCUT2D eigenvalue weighted by Crippen LogP contribution is 2.44. The molecule has 2 amide bonds. The number of ether oxygens (including phenoxy) is 1. The van der Waals surface area contributed by atoms with E-state index in [1.165, 1.54) is 0 Å². The van der Waals surface area contributed by atoms with Crippen molar-refractivity contribution in [2.24, 2.45) is 17.4 Å². The molecule has 0 bridgehead atoms. The van der Waals surface area contributed by atoms with Crippen molar-refractivity contribution >= 4 is 17.8 Å². The Kier molecular flexibility index (Phi) is 4.52. The van der Waals surface area contributed by atoms with Gasteiger partial charge in [0, 0.05) is 12.3 Å². The van der Waals surface area contributed by atoms with Gasteiger partial charge in [-0.25, -0.2) is 0 Å². The first kappa shape index (κ1) is 16.7. The zero-order valence-corrected chi connectivity index (χ0v) is 13.5. The van der Waals surface area contributed by atoms with Gasteiger partial charge in [0.05, 0.1) is 0 Å². The lowest BCUT2D eigenvalue weighted by Gasteiger charge is -2.16. The predicted octanol–water partition coefficient (Wildman–Crippen LogP) is 1.32. The maximum atomic E-state index is 12.2. The number of esters is 1. The minimum atomic E-state index is -1.36. The highest BCUT2D eigenvalue weighted by atomic mass is 16.5. The van der Waals surface area contributed by atoms with E-state index in [2.05, 4.69) is 0 Å². The molecule has 2 aromatic rings. The number of hydrogen-bond acceptors (Lipinski definition) is 4. The van der Waals surface area contributed by atoms with Crippen LogP contribution < -0.4 is 11.5 Å². The average Bonchev–Trinajstić information content (AvgIpc) is 2.91. The molecule has 0 fully saturated rings. The summed E-state index contributed by atoms with van der Waals surface area (Å²) in [7, 11) is 0. The fraction of sp³-hybridized carbons (Fsp3) is 0.211. The van der Waals surface area contributed by atoms with Crippen LogP contribution in [0.5, 0.6) is 0 Å². The lowest BCUT2D eigenvalue weighted by molar-refractivity contribution is -0.153. The Morgan fingerprint density at radius 1 is 0.920 bits per heavy atom. The van der Waals surface area contributed by atoms with Crippen molar-refractivity contribution in [1.82, 2.24) is 0 Å². The third-order valence-electron chi connectivity index (χ3n) is 4.39. The summed E-state index contributed by atoms with van der Waals surface area (Å²) >= 11 is 0. The van der Waals surface area contributed by atoms with Crippen LogP contribution in [0.1, 0.15) is 23.5 Å². The summed E-state index contributed by atoms with van der Waals surface area (Å²) in [6.45, 7) is 0.0649. The van der Waals surface area contributed by atoms with Gasteiger partial charge in [0.25, 0.3) is 0 Å². The molecule has 2 aromatic carbocycles. The van der Waals surface area contributed by atoms with Crippen molar-refractivity contribution in [2.75, 3.05) is 6.61 Å². The molecule has 25 heavy (non-hydrogen) atoms. The largest absolute Gasteiger partial charge is 0.464 e. The highest BCUT2D eigenvalue weighted by Gasteiger charge is 2.32. The molecule has 1 atom stereocenters. The molecule has 0 aliphatic heterocycles. The van der Waals surface area contributed by atoms with Gasteiger partial charge in [-0.1, -0.05) is 48.5 Å². The van der Waals surface area contributed by atoms with Gasteiger partial charge in [0.1, 0.15) is 12.5 Å². The Labute approximate surface area is 144 Å². The van der Waals surface area contributed by atoms with Crippen molar-refractivity contribution in [2.45, 2.75) is 12.3 Å². The molecule has 0 radical (unpaired) electrons. The molecular weight excluding hydrogens is 320 g/mol. The summed E-state index contributed by atoms with van der Waals surface area (Å²) < 4.78 is 5.32. The molecule has 1 unspecified atom stereocenters. The molecule has 0 saturated heterocycles. The number of hydrogen-bond donors (Lipinski definition) is 2. The van der Waals surface area contributed by atoms with Crippen LogP contribution in [0.15, 0.2) is 48.5 Å². The second-order valence-electron chi connectivity index (χ2n) is 5.98. The van der Waals surface area contributed by atoms with Crippen LogP contribution in [-0.2, 0) is 19.1 Å². The van der Waals surface area contributed by atoms with Gasteiger partial charge in [0.15, 0.2) is 0 Å². The maximum absolute atomic E-state index is 12.2. The molecule has 6 heteroatoms. The number of rotatable bonds is 6. The molecule has 0 spiro atoms. The second kappa shape index (κ2) is 6.76. The lowest BCUT2D eigenvalue weighted by Crippen LogP contribution is -2.35. The molecule has 6 nitrogen and oxygen atoms in total. The monoisotopic (exact) mass is 338 g/mol. The molecule has 128 valence electrons. The van der Waals surface area contributed by atoms with E-state index in [9.17, 15) is 14.4 Å². The molecular formula is C19H18N2O4. The Balaban J connectivity index is 1.80. The van der Waals surface area contributed by atoms with Crippen LogP contribution >= 0.6 is 0 Å². The molecule has 1 aliphatic carbocycles. The topological polar surface area (TPSA) is 112 Å². The van der Waals surface area contributed by atoms with E-state index in [0.717, 1.165) is 22.3 Å². The fourth-order valence-electron chi connectivity index (χ4n) is 3.21. The maximum Gasteiger partial charge on any atom is 0.319 e. The minimum Gasteiger partial charge on any atom is -0.464 e. The first-order valence-electron chi connectivity index (χ1n) is 7.91. The van der Waals surface area contributed by atoms with Crippen molar-refractivity contribution in [1.29, 1.82) is 0 Å². The zero-order valence-electron chi connectivity index (χ0n) is 13.5. The van der Waals surface area contributed by atoms with Gasteiger partial charge >= 0.3 is 5.97 Å². The lowest BCUT2D eigenvalue weighted by atomic mass is 9.98. The summed E-state index contributed by atoms with van der Waals surface area (Å²) in [4.78, 5) is 34.6. The number of fused-ring (bicyclic) bond motifs is 3. The number of benzene rings is 2. The van der Waals surface area contributed by atoms with Gasteiger partial charge in [-0.3, -0.25) is 14.4 Å². The SMILES string of the molecule is NC(=O)CC(C(N)=O)C(=O)OCC1c2ccccc2-c2ccccc21. The third-order valence-corrected chi connectivity index (χ3v) is 4.39. The van der Waals surface area contributed by atoms with Gasteiger partial charge in [-0.15, -0.1) is 0 Å². The standard InChI is InChI=1S/C19H18N2O4/c20-17(22)9-15(18(21)23)19(24)25-10-16-13-7-3-1-5-11(13)12-6-2-4-8-14(12)16/h1-8,15-16H,9-10H2,(H2,20,22)(H2,21,23). The minimum absolute atomic E-state index is 0.0649. The predicted molar refractivity (Wildman–Crippen MR) is 91.2 cm³/mol. The van der Waals surface area contributed by atoms with Crippen molar-refractivity contribution in [3.8, 4) is 11.1 Å². The normalized spacial score (nSPS) is 13.6. The zero-order chi connectivity index (χ0) is 18.0. The van der Waals surface area contributed by atoms with Gasteiger partial charge in [-0.2, -0.15) is 0 Å². The third kappa shape index (κ3) is 3.24. The number of carbonyl (C=O) groups excluding carboxylic acids is 3.